The van der Waals surface area contributed by atoms with Gasteiger partial charge in [-0.3, -0.25) is 0 Å². The van der Waals surface area contributed by atoms with E-state index in [4.69, 9.17) is 0 Å². The van der Waals surface area contributed by atoms with E-state index in [0.29, 0.717) is 0 Å². The van der Waals surface area contributed by atoms with Gasteiger partial charge in [-0.15, -0.1) is 0 Å². The minimum Gasteiger partial charge on any atom is -0.310 e. The second-order valence-electron chi connectivity index (χ2n) is 11.8. The molecule has 1 nitrogen and oxygen atoms in total. The molecule has 0 fully saturated rings. The number of benzene rings is 7. The standard InChI is InChI=1S/C41H24FN/c42-27-16-19-28(20-17-27)43(29-18-15-25-7-1-2-8-26(25)23-29)30-21-22-32-34-11-6-13-36-35-12-5-10-33-31-9-3-4-14-37(31)41(39(33)35,40(34)36)38(32)24-30/h1-24H. The zero-order valence-electron chi connectivity index (χ0n) is 23.2. The molecule has 0 heterocycles. The van der Waals surface area contributed by atoms with Crippen molar-refractivity contribution in [2.45, 2.75) is 5.41 Å². The normalized spacial score (nSPS) is 16.1. The van der Waals surface area contributed by atoms with Gasteiger partial charge in [-0.25, -0.2) is 4.39 Å². The van der Waals surface area contributed by atoms with Gasteiger partial charge in [0.25, 0.3) is 0 Å². The number of hydrogen-bond donors (Lipinski definition) is 0. The molecular weight excluding hydrogens is 525 g/mol. The third-order valence-electron chi connectivity index (χ3n) is 9.82. The highest BCUT2D eigenvalue weighted by molar-refractivity contribution is 6.06. The van der Waals surface area contributed by atoms with E-state index in [1.807, 2.05) is 12.1 Å². The molecule has 3 aliphatic rings. The van der Waals surface area contributed by atoms with E-state index in [9.17, 15) is 4.39 Å². The summed E-state index contributed by atoms with van der Waals surface area (Å²) in [6.45, 7) is 0. The van der Waals surface area contributed by atoms with Crippen molar-refractivity contribution in [3.8, 4) is 33.4 Å². The van der Waals surface area contributed by atoms with Crippen molar-refractivity contribution in [3.63, 3.8) is 0 Å². The Kier molecular flexibility index (Phi) is 4.35. The van der Waals surface area contributed by atoms with Crippen LogP contribution in [-0.4, -0.2) is 0 Å². The van der Waals surface area contributed by atoms with Gasteiger partial charge in [0.05, 0.1) is 5.41 Å². The maximum absolute atomic E-state index is 14.2. The molecule has 0 radical (unpaired) electrons. The highest BCUT2D eigenvalue weighted by atomic mass is 19.1. The summed E-state index contributed by atoms with van der Waals surface area (Å²) in [5, 5.41) is 2.36. The van der Waals surface area contributed by atoms with Crippen LogP contribution in [0.5, 0.6) is 0 Å². The number of halogens is 1. The molecule has 7 aromatic rings. The second-order valence-corrected chi connectivity index (χ2v) is 11.8. The van der Waals surface area contributed by atoms with Gasteiger partial charge in [-0.1, -0.05) is 97.1 Å². The van der Waals surface area contributed by atoms with E-state index in [0.717, 1.165) is 17.1 Å². The Hall–Kier alpha value is -5.47. The first-order chi connectivity index (χ1) is 21.2. The topological polar surface area (TPSA) is 3.24 Å². The van der Waals surface area contributed by atoms with E-state index in [2.05, 4.69) is 126 Å². The van der Waals surface area contributed by atoms with Gasteiger partial charge in [0.15, 0.2) is 0 Å². The number of hydrogen-bond acceptors (Lipinski definition) is 1. The van der Waals surface area contributed by atoms with Crippen LogP contribution in [0.15, 0.2) is 146 Å². The van der Waals surface area contributed by atoms with Crippen LogP contribution in [0.4, 0.5) is 21.5 Å². The minimum atomic E-state index is -0.350. The van der Waals surface area contributed by atoms with E-state index in [1.165, 1.54) is 66.4 Å². The van der Waals surface area contributed by atoms with Crippen molar-refractivity contribution in [1.82, 2.24) is 0 Å². The average molecular weight is 550 g/mol. The first-order valence-corrected chi connectivity index (χ1v) is 14.8. The van der Waals surface area contributed by atoms with Crippen LogP contribution < -0.4 is 4.90 Å². The molecule has 43 heavy (non-hydrogen) atoms. The molecule has 3 aliphatic carbocycles. The lowest BCUT2D eigenvalue weighted by atomic mass is 9.73. The molecule has 1 spiro atoms. The molecule has 0 amide bonds. The number of rotatable bonds is 3. The average Bonchev–Trinajstić information content (AvgIpc) is 3.65. The summed E-state index contributed by atoms with van der Waals surface area (Å²) in [5.74, 6) is -0.240. The number of anilines is 3. The smallest absolute Gasteiger partial charge is 0.123 e. The Morgan fingerprint density at radius 2 is 0.930 bits per heavy atom. The fourth-order valence-electron chi connectivity index (χ4n) is 8.23. The van der Waals surface area contributed by atoms with Crippen LogP contribution in [0.1, 0.15) is 22.3 Å². The largest absolute Gasteiger partial charge is 0.310 e. The molecular formula is C41H24FN. The van der Waals surface area contributed by atoms with Crippen LogP contribution in [0, 0.1) is 5.82 Å². The highest BCUT2D eigenvalue weighted by Gasteiger charge is 2.57. The predicted octanol–water partition coefficient (Wildman–Crippen LogP) is 10.8. The fraction of sp³-hybridized carbons (Fsp3) is 0.0244. The molecule has 0 aliphatic heterocycles. The molecule has 1 atom stereocenters. The van der Waals surface area contributed by atoms with Crippen LogP contribution in [0.25, 0.3) is 44.2 Å². The van der Waals surface area contributed by atoms with Gasteiger partial charge in [-0.2, -0.15) is 0 Å². The lowest BCUT2D eigenvalue weighted by Crippen LogP contribution is -2.23. The Morgan fingerprint density at radius 3 is 1.67 bits per heavy atom. The first kappa shape index (κ1) is 23.1. The molecule has 1 unspecified atom stereocenters. The SMILES string of the molecule is Fc1ccc(N(c2ccc3c(c2)C24c5ccccc5-c5cccc(c52)-c2cccc-3c24)c2ccc3ccccc3c2)cc1. The first-order valence-electron chi connectivity index (χ1n) is 14.8. The third kappa shape index (κ3) is 2.81. The molecule has 0 aromatic heterocycles. The molecule has 10 rings (SSSR count). The molecule has 7 aromatic carbocycles. The predicted molar refractivity (Wildman–Crippen MR) is 174 cm³/mol. The van der Waals surface area contributed by atoms with E-state index in [1.54, 1.807) is 12.1 Å². The molecule has 0 N–H and O–H groups in total. The van der Waals surface area contributed by atoms with Crippen LogP contribution in [0.3, 0.4) is 0 Å². The quantitative estimate of drug-likeness (QED) is 0.212. The highest BCUT2D eigenvalue weighted by Crippen LogP contribution is 2.70. The van der Waals surface area contributed by atoms with Crippen LogP contribution in [0.2, 0.25) is 0 Å². The van der Waals surface area contributed by atoms with Gasteiger partial charge in [0.1, 0.15) is 5.82 Å². The monoisotopic (exact) mass is 549 g/mol. The summed E-state index contributed by atoms with van der Waals surface area (Å²) in [6, 6.07) is 51.3. The summed E-state index contributed by atoms with van der Waals surface area (Å²) < 4.78 is 14.2. The van der Waals surface area contributed by atoms with Crippen molar-refractivity contribution in [2.75, 3.05) is 4.90 Å². The maximum atomic E-state index is 14.2. The summed E-state index contributed by atoms with van der Waals surface area (Å²) in [7, 11) is 0. The van der Waals surface area contributed by atoms with Gasteiger partial charge < -0.3 is 4.90 Å². The van der Waals surface area contributed by atoms with Crippen LogP contribution >= 0.6 is 0 Å². The van der Waals surface area contributed by atoms with Crippen molar-refractivity contribution in [2.24, 2.45) is 0 Å². The van der Waals surface area contributed by atoms with Crippen LogP contribution in [-0.2, 0) is 5.41 Å². The maximum Gasteiger partial charge on any atom is 0.123 e. The van der Waals surface area contributed by atoms with Crippen molar-refractivity contribution in [3.05, 3.63) is 174 Å². The molecule has 200 valence electrons. The van der Waals surface area contributed by atoms with E-state index in [-0.39, 0.29) is 11.2 Å². The lowest BCUT2D eigenvalue weighted by Gasteiger charge is -2.30. The van der Waals surface area contributed by atoms with Gasteiger partial charge >= 0.3 is 0 Å². The Balaban J connectivity index is 1.28. The summed E-state index contributed by atoms with van der Waals surface area (Å²) in [6.07, 6.45) is 0. The number of nitrogens with zero attached hydrogens (tertiary/aromatic N) is 1. The zero-order valence-corrected chi connectivity index (χ0v) is 23.2. The summed E-state index contributed by atoms with van der Waals surface area (Å²) in [5.41, 5.74) is 16.1. The fourth-order valence-corrected chi connectivity index (χ4v) is 8.23. The third-order valence-corrected chi connectivity index (χ3v) is 9.82. The second kappa shape index (κ2) is 8.08. The Morgan fingerprint density at radius 1 is 0.395 bits per heavy atom. The number of fused-ring (bicyclic) bond motifs is 6. The van der Waals surface area contributed by atoms with Gasteiger partial charge in [0, 0.05) is 17.1 Å². The molecule has 0 bridgehead atoms. The van der Waals surface area contributed by atoms with E-state index < -0.39 is 0 Å². The Bertz CT molecular complexity index is 2280. The zero-order chi connectivity index (χ0) is 28.3. The minimum absolute atomic E-state index is 0.240. The van der Waals surface area contributed by atoms with Crippen molar-refractivity contribution >= 4 is 27.8 Å². The molecule has 0 saturated carbocycles. The van der Waals surface area contributed by atoms with E-state index >= 15 is 0 Å². The summed E-state index contributed by atoms with van der Waals surface area (Å²) >= 11 is 0. The van der Waals surface area contributed by atoms with Crippen molar-refractivity contribution < 1.29 is 4.39 Å². The Labute approximate surface area is 249 Å². The lowest BCUT2D eigenvalue weighted by molar-refractivity contribution is 0.628. The molecule has 0 saturated heterocycles. The van der Waals surface area contributed by atoms with Gasteiger partial charge in [0.2, 0.25) is 0 Å². The summed E-state index contributed by atoms with van der Waals surface area (Å²) in [4.78, 5) is 2.26. The van der Waals surface area contributed by atoms with Crippen molar-refractivity contribution in [1.29, 1.82) is 0 Å². The molecule has 2 heteroatoms. The van der Waals surface area contributed by atoms with Gasteiger partial charge in [-0.05, 0) is 115 Å².